The Hall–Kier alpha value is -4.20. The Morgan fingerprint density at radius 2 is 1.50 bits per heavy atom. The molecule has 1 aromatic rings. The number of guanidine groups is 1. The molecule has 0 saturated carbocycles. The quantitative estimate of drug-likeness (QED) is 0.0712. The van der Waals surface area contributed by atoms with Crippen LogP contribution in [0.2, 0.25) is 0 Å². The highest BCUT2D eigenvalue weighted by Gasteiger charge is 2.30. The Balaban J connectivity index is 2.94. The Kier molecular flexibility index (Phi) is 12.4. The number of nitrogens with one attached hydrogen (secondary N) is 3. The van der Waals surface area contributed by atoms with Gasteiger partial charge in [0, 0.05) is 6.54 Å². The molecule has 11 N–H and O–H groups in total. The van der Waals surface area contributed by atoms with Crippen LogP contribution in [0.3, 0.4) is 0 Å². The molecule has 0 fully saturated rings. The maximum atomic E-state index is 12.9. The lowest BCUT2D eigenvalue weighted by atomic mass is 10.0. The largest absolute Gasteiger partial charge is 0.481 e. The Bertz CT molecular complexity index is 951. The second-order valence-corrected chi connectivity index (χ2v) is 8.03. The molecule has 0 aromatic heterocycles. The third-order valence-electron chi connectivity index (χ3n) is 4.95. The number of hydrogen-bond acceptors (Lipinski definition) is 7. The van der Waals surface area contributed by atoms with Crippen molar-refractivity contribution in [1.82, 2.24) is 16.0 Å². The van der Waals surface area contributed by atoms with Crippen molar-refractivity contribution in [2.45, 2.75) is 56.8 Å². The number of aliphatic carboxylic acids is 2. The van der Waals surface area contributed by atoms with Crippen LogP contribution in [-0.4, -0.2) is 76.5 Å². The lowest BCUT2D eigenvalue weighted by Gasteiger charge is -2.24. The van der Waals surface area contributed by atoms with Gasteiger partial charge in [0.2, 0.25) is 17.7 Å². The summed E-state index contributed by atoms with van der Waals surface area (Å²) in [5.74, 6) is -5.37. The number of amides is 3. The standard InChI is InChI=1S/C22H33N7O7/c1-12(21(35)36)27-19(33)15(8-5-9-26-22(24)25)28-20(34)16(11-17(30)31)29-18(32)14(23)10-13-6-3-2-4-7-13/h2-4,6-7,12,14-16H,5,8-11,23H2,1H3,(H,27,33)(H,28,34)(H,29,32)(H,30,31)(H,35,36)(H4,24,25,26). The molecule has 1 aromatic carbocycles. The minimum atomic E-state index is -1.54. The van der Waals surface area contributed by atoms with E-state index in [1.807, 2.05) is 0 Å². The van der Waals surface area contributed by atoms with Crippen LogP contribution in [0.15, 0.2) is 35.3 Å². The van der Waals surface area contributed by atoms with E-state index >= 15 is 0 Å². The van der Waals surface area contributed by atoms with Gasteiger partial charge in [0.05, 0.1) is 12.5 Å². The number of carboxylic acid groups (broad SMARTS) is 2. The number of nitrogens with zero attached hydrogens (tertiary/aromatic N) is 1. The molecule has 0 spiro atoms. The van der Waals surface area contributed by atoms with Gasteiger partial charge in [-0.05, 0) is 31.7 Å². The number of aliphatic imine (C=N–C) groups is 1. The number of carbonyl (C=O) groups excluding carboxylic acids is 3. The molecule has 198 valence electrons. The molecular formula is C22H33N7O7. The van der Waals surface area contributed by atoms with Gasteiger partial charge in [-0.15, -0.1) is 0 Å². The molecule has 4 atom stereocenters. The number of carboxylic acids is 2. The van der Waals surface area contributed by atoms with Crippen molar-refractivity contribution in [3.63, 3.8) is 0 Å². The van der Waals surface area contributed by atoms with E-state index in [-0.39, 0.29) is 31.8 Å². The zero-order valence-electron chi connectivity index (χ0n) is 19.8. The molecule has 36 heavy (non-hydrogen) atoms. The van der Waals surface area contributed by atoms with Gasteiger partial charge in [0.25, 0.3) is 0 Å². The first-order valence-electron chi connectivity index (χ1n) is 11.1. The highest BCUT2D eigenvalue weighted by molar-refractivity contribution is 5.95. The highest BCUT2D eigenvalue weighted by atomic mass is 16.4. The zero-order chi connectivity index (χ0) is 27.3. The van der Waals surface area contributed by atoms with Crippen LogP contribution in [0, 0.1) is 0 Å². The summed E-state index contributed by atoms with van der Waals surface area (Å²) >= 11 is 0. The van der Waals surface area contributed by atoms with Gasteiger partial charge in [0.1, 0.15) is 18.1 Å². The van der Waals surface area contributed by atoms with Crippen LogP contribution in [0.5, 0.6) is 0 Å². The SMILES string of the molecule is CC(NC(=O)C(CCCN=C(N)N)NC(=O)C(CC(=O)O)NC(=O)C(N)Cc1ccccc1)C(=O)O. The first-order valence-corrected chi connectivity index (χ1v) is 11.1. The highest BCUT2D eigenvalue weighted by Crippen LogP contribution is 2.05. The van der Waals surface area contributed by atoms with E-state index in [0.29, 0.717) is 0 Å². The van der Waals surface area contributed by atoms with Crippen LogP contribution >= 0.6 is 0 Å². The molecule has 0 aliphatic heterocycles. The predicted molar refractivity (Wildman–Crippen MR) is 129 cm³/mol. The molecule has 0 bridgehead atoms. The molecule has 4 unspecified atom stereocenters. The molecule has 0 radical (unpaired) electrons. The lowest BCUT2D eigenvalue weighted by molar-refractivity contribution is -0.143. The predicted octanol–water partition coefficient (Wildman–Crippen LogP) is -2.36. The first-order chi connectivity index (χ1) is 16.9. The fourth-order valence-corrected chi connectivity index (χ4v) is 3.04. The average Bonchev–Trinajstić information content (AvgIpc) is 2.80. The Labute approximate surface area is 207 Å². The van der Waals surface area contributed by atoms with Crippen LogP contribution in [0.1, 0.15) is 31.7 Å². The topological polar surface area (TPSA) is 252 Å². The van der Waals surface area contributed by atoms with Crippen molar-refractivity contribution in [3.05, 3.63) is 35.9 Å². The molecule has 3 amide bonds. The second kappa shape index (κ2) is 14.9. The maximum absolute atomic E-state index is 12.9. The summed E-state index contributed by atoms with van der Waals surface area (Å²) in [5, 5.41) is 25.2. The molecule has 0 saturated heterocycles. The van der Waals surface area contributed by atoms with Crippen LogP contribution in [0.25, 0.3) is 0 Å². The fourth-order valence-electron chi connectivity index (χ4n) is 3.04. The third kappa shape index (κ3) is 11.3. The number of rotatable bonds is 15. The second-order valence-electron chi connectivity index (χ2n) is 8.03. The zero-order valence-corrected chi connectivity index (χ0v) is 19.8. The third-order valence-corrected chi connectivity index (χ3v) is 4.95. The summed E-state index contributed by atoms with van der Waals surface area (Å²) in [7, 11) is 0. The van der Waals surface area contributed by atoms with E-state index in [2.05, 4.69) is 20.9 Å². The monoisotopic (exact) mass is 507 g/mol. The molecule has 14 heteroatoms. The molecule has 0 heterocycles. The summed E-state index contributed by atoms with van der Waals surface area (Å²) < 4.78 is 0. The van der Waals surface area contributed by atoms with Crippen molar-refractivity contribution in [2.24, 2.45) is 22.2 Å². The fraction of sp³-hybridized carbons (Fsp3) is 0.455. The molecule has 0 aliphatic carbocycles. The van der Waals surface area contributed by atoms with Crippen molar-refractivity contribution in [1.29, 1.82) is 0 Å². The van der Waals surface area contributed by atoms with Gasteiger partial charge in [-0.25, -0.2) is 0 Å². The number of nitrogens with two attached hydrogens (primary N) is 3. The molecular weight excluding hydrogens is 474 g/mol. The summed E-state index contributed by atoms with van der Waals surface area (Å²) in [4.78, 5) is 64.2. The van der Waals surface area contributed by atoms with E-state index in [9.17, 15) is 29.1 Å². The van der Waals surface area contributed by atoms with Gasteiger partial charge >= 0.3 is 11.9 Å². The minimum Gasteiger partial charge on any atom is -0.481 e. The summed E-state index contributed by atoms with van der Waals surface area (Å²) in [6, 6.07) is 3.75. The van der Waals surface area contributed by atoms with Crippen LogP contribution in [0.4, 0.5) is 0 Å². The lowest BCUT2D eigenvalue weighted by Crippen LogP contribution is -2.57. The van der Waals surface area contributed by atoms with E-state index < -0.39 is 60.2 Å². The molecule has 14 nitrogen and oxygen atoms in total. The van der Waals surface area contributed by atoms with Crippen LogP contribution in [-0.2, 0) is 30.4 Å². The van der Waals surface area contributed by atoms with E-state index in [1.54, 1.807) is 30.3 Å². The summed E-state index contributed by atoms with van der Waals surface area (Å²) in [5.41, 5.74) is 17.2. The van der Waals surface area contributed by atoms with Gasteiger partial charge in [-0.2, -0.15) is 0 Å². The molecule has 0 aliphatic rings. The van der Waals surface area contributed by atoms with Crippen molar-refractivity contribution in [3.8, 4) is 0 Å². The Morgan fingerprint density at radius 1 is 0.917 bits per heavy atom. The average molecular weight is 508 g/mol. The summed E-state index contributed by atoms with van der Waals surface area (Å²) in [6.07, 6.45) is -0.391. The number of benzene rings is 1. The minimum absolute atomic E-state index is 0.00194. The van der Waals surface area contributed by atoms with E-state index in [0.717, 1.165) is 5.56 Å². The van der Waals surface area contributed by atoms with Gasteiger partial charge < -0.3 is 43.4 Å². The van der Waals surface area contributed by atoms with Crippen molar-refractivity contribution in [2.75, 3.05) is 6.54 Å². The maximum Gasteiger partial charge on any atom is 0.325 e. The Morgan fingerprint density at radius 3 is 2.06 bits per heavy atom. The number of carbonyl (C=O) groups is 5. The van der Waals surface area contributed by atoms with Gasteiger partial charge in [0.15, 0.2) is 5.96 Å². The van der Waals surface area contributed by atoms with Crippen molar-refractivity contribution >= 4 is 35.6 Å². The number of hydrogen-bond donors (Lipinski definition) is 8. The van der Waals surface area contributed by atoms with Gasteiger partial charge in [-0.3, -0.25) is 29.0 Å². The first kappa shape index (κ1) is 29.8. The smallest absolute Gasteiger partial charge is 0.325 e. The van der Waals surface area contributed by atoms with E-state index in [1.165, 1.54) is 6.92 Å². The van der Waals surface area contributed by atoms with E-state index in [4.69, 9.17) is 22.3 Å². The summed E-state index contributed by atoms with van der Waals surface area (Å²) in [6.45, 7) is 1.36. The van der Waals surface area contributed by atoms with Crippen LogP contribution < -0.4 is 33.2 Å². The normalized spacial score (nSPS) is 13.8. The van der Waals surface area contributed by atoms with Gasteiger partial charge in [-0.1, -0.05) is 30.3 Å². The van der Waals surface area contributed by atoms with Crippen molar-refractivity contribution < 1.29 is 34.2 Å². The molecule has 1 rings (SSSR count).